The summed E-state index contributed by atoms with van der Waals surface area (Å²) in [7, 11) is 0. The van der Waals surface area contributed by atoms with Crippen molar-refractivity contribution in [3.8, 4) is 0 Å². The summed E-state index contributed by atoms with van der Waals surface area (Å²) in [5.74, 6) is -1.69. The topological polar surface area (TPSA) is 95.0 Å². The average Bonchev–Trinajstić information content (AvgIpc) is 3.18. The predicted molar refractivity (Wildman–Crippen MR) is 228 cm³/mol. The van der Waals surface area contributed by atoms with Crippen LogP contribution in [0.25, 0.3) is 0 Å². The van der Waals surface area contributed by atoms with Crippen molar-refractivity contribution in [2.45, 2.75) is 149 Å². The SMILES string of the molecule is CCCCC/C=C\C/C=C\CCCCCCCC(=O)OCC(COC(=O)c1cc(C(C)(C)C)cc(C(C)(C)C)c1)COC(=O)C1CCN(c2ccncc2)CC1. The Balaban J connectivity index is 1.48. The highest BCUT2D eigenvalue weighted by molar-refractivity contribution is 5.90. The Bertz CT molecular complexity index is 1480. The molecule has 3 rings (SSSR count). The van der Waals surface area contributed by atoms with Gasteiger partial charge < -0.3 is 19.1 Å². The van der Waals surface area contributed by atoms with Crippen molar-refractivity contribution in [3.05, 3.63) is 83.7 Å². The molecule has 1 unspecified atom stereocenters. The Morgan fingerprint density at radius 3 is 1.89 bits per heavy atom. The predicted octanol–water partition coefficient (Wildman–Crippen LogP) is 11.3. The molecule has 1 atom stereocenters. The number of esters is 3. The smallest absolute Gasteiger partial charge is 0.338 e. The van der Waals surface area contributed by atoms with E-state index in [9.17, 15) is 14.4 Å². The van der Waals surface area contributed by atoms with Crippen LogP contribution in [0.3, 0.4) is 0 Å². The molecule has 310 valence electrons. The van der Waals surface area contributed by atoms with Crippen molar-refractivity contribution >= 4 is 23.6 Å². The quantitative estimate of drug-likeness (QED) is 0.0477. The fourth-order valence-corrected chi connectivity index (χ4v) is 6.64. The summed E-state index contributed by atoms with van der Waals surface area (Å²) in [5.41, 5.74) is 3.38. The lowest BCUT2D eigenvalue weighted by Crippen LogP contribution is -2.37. The molecule has 1 fully saturated rings. The largest absolute Gasteiger partial charge is 0.465 e. The van der Waals surface area contributed by atoms with Gasteiger partial charge in [-0.25, -0.2) is 4.79 Å². The molecule has 0 radical (unpaired) electrons. The lowest BCUT2D eigenvalue weighted by molar-refractivity contribution is -0.153. The third-order valence-corrected chi connectivity index (χ3v) is 10.5. The summed E-state index contributed by atoms with van der Waals surface area (Å²) >= 11 is 0. The van der Waals surface area contributed by atoms with E-state index in [1.165, 1.54) is 25.7 Å². The number of pyridine rings is 1. The molecule has 8 heteroatoms. The number of unbranched alkanes of at least 4 members (excludes halogenated alkanes) is 8. The van der Waals surface area contributed by atoms with Crippen molar-refractivity contribution in [3.63, 3.8) is 0 Å². The summed E-state index contributed by atoms with van der Waals surface area (Å²) in [4.78, 5) is 45.8. The second kappa shape index (κ2) is 24.6. The number of ether oxygens (including phenoxy) is 3. The van der Waals surface area contributed by atoms with Gasteiger partial charge in [0.05, 0.1) is 17.4 Å². The van der Waals surface area contributed by atoms with E-state index in [0.717, 1.165) is 74.8 Å². The number of anilines is 1. The molecule has 0 aliphatic carbocycles. The molecule has 2 heterocycles. The molecule has 2 aromatic rings. The fourth-order valence-electron chi connectivity index (χ4n) is 6.64. The molecule has 1 aliphatic heterocycles. The number of nitrogens with zero attached hydrogens (tertiary/aromatic N) is 2. The molecule has 1 saturated heterocycles. The molecule has 1 aromatic heterocycles. The van der Waals surface area contributed by atoms with Crippen LogP contribution in [0, 0.1) is 11.8 Å². The van der Waals surface area contributed by atoms with Gasteiger partial charge in [-0.15, -0.1) is 0 Å². The Kier molecular flexibility index (Phi) is 20.4. The molecule has 0 spiro atoms. The minimum absolute atomic E-state index is 0.00290. The van der Waals surface area contributed by atoms with Gasteiger partial charge in [-0.2, -0.15) is 0 Å². The van der Waals surface area contributed by atoms with Crippen LogP contribution in [-0.2, 0) is 34.6 Å². The zero-order chi connectivity index (χ0) is 40.8. The number of carbonyl (C=O) groups is 3. The summed E-state index contributed by atoms with van der Waals surface area (Å²) in [6, 6.07) is 9.91. The maximum atomic E-state index is 13.5. The first-order valence-corrected chi connectivity index (χ1v) is 21.4. The van der Waals surface area contributed by atoms with Crippen molar-refractivity contribution in [1.82, 2.24) is 4.98 Å². The molecule has 56 heavy (non-hydrogen) atoms. The van der Waals surface area contributed by atoms with Crippen LogP contribution < -0.4 is 4.90 Å². The first kappa shape index (κ1) is 46.4. The van der Waals surface area contributed by atoms with Gasteiger partial charge in [-0.05, 0) is 97.6 Å². The van der Waals surface area contributed by atoms with Crippen molar-refractivity contribution in [2.24, 2.45) is 11.8 Å². The van der Waals surface area contributed by atoms with E-state index < -0.39 is 11.9 Å². The molecular formula is C48H72N2O6. The van der Waals surface area contributed by atoms with E-state index in [0.29, 0.717) is 24.8 Å². The van der Waals surface area contributed by atoms with Crippen molar-refractivity contribution in [1.29, 1.82) is 0 Å². The highest BCUT2D eigenvalue weighted by Gasteiger charge is 2.28. The fraction of sp³-hybridized carbons (Fsp3) is 0.625. The van der Waals surface area contributed by atoms with Gasteiger partial charge in [0.15, 0.2) is 0 Å². The Labute approximate surface area is 338 Å². The van der Waals surface area contributed by atoms with Gasteiger partial charge in [0, 0.05) is 37.6 Å². The normalized spacial score (nSPS) is 14.7. The van der Waals surface area contributed by atoms with Gasteiger partial charge in [0.2, 0.25) is 0 Å². The van der Waals surface area contributed by atoms with Crippen molar-refractivity contribution < 1.29 is 28.6 Å². The lowest BCUT2D eigenvalue weighted by Gasteiger charge is -2.32. The van der Waals surface area contributed by atoms with Gasteiger partial charge in [-0.3, -0.25) is 14.6 Å². The van der Waals surface area contributed by atoms with Crippen LogP contribution in [0.15, 0.2) is 67.0 Å². The Morgan fingerprint density at radius 1 is 0.732 bits per heavy atom. The lowest BCUT2D eigenvalue weighted by atomic mass is 9.79. The van der Waals surface area contributed by atoms with Crippen LogP contribution in [0.4, 0.5) is 5.69 Å². The number of hydrogen-bond donors (Lipinski definition) is 0. The average molecular weight is 773 g/mol. The van der Waals surface area contributed by atoms with E-state index in [4.69, 9.17) is 14.2 Å². The molecule has 0 amide bonds. The number of piperidine rings is 1. The molecular weight excluding hydrogens is 701 g/mol. The second-order valence-corrected chi connectivity index (χ2v) is 17.5. The minimum Gasteiger partial charge on any atom is -0.465 e. The third kappa shape index (κ3) is 17.9. The number of aromatic nitrogens is 1. The maximum Gasteiger partial charge on any atom is 0.338 e. The standard InChI is InChI=1S/C48H72N2O6/c1-8-9-10-11-12-13-14-15-16-17-18-19-20-21-22-23-44(51)54-35-38(36-55-45(52)39-26-30-50(31-27-39)43-24-28-49-29-25-43)37-56-46(53)40-32-41(47(2,3)4)34-42(33-40)48(5,6)7/h12-13,15-16,24-25,28-29,32-34,38-39H,8-11,14,17-23,26-27,30-31,35-37H2,1-7H3/b13-12-,16-15-. The molecule has 0 N–H and O–H groups in total. The van der Waals surface area contributed by atoms with Gasteiger partial charge in [0.1, 0.15) is 19.8 Å². The van der Waals surface area contributed by atoms with Gasteiger partial charge in [0.25, 0.3) is 0 Å². The molecule has 0 bridgehead atoms. The van der Waals surface area contributed by atoms with E-state index in [1.54, 1.807) is 12.4 Å². The minimum atomic E-state index is -0.485. The number of benzene rings is 1. The van der Waals surface area contributed by atoms with E-state index in [-0.39, 0.29) is 48.5 Å². The van der Waals surface area contributed by atoms with Crippen molar-refractivity contribution in [2.75, 3.05) is 37.8 Å². The van der Waals surface area contributed by atoms with Gasteiger partial charge >= 0.3 is 17.9 Å². The van der Waals surface area contributed by atoms with Crippen LogP contribution in [0.2, 0.25) is 0 Å². The first-order valence-electron chi connectivity index (χ1n) is 21.4. The Hall–Kier alpha value is -3.94. The monoisotopic (exact) mass is 773 g/mol. The van der Waals surface area contributed by atoms with Crippen LogP contribution in [0.5, 0.6) is 0 Å². The Morgan fingerprint density at radius 2 is 1.29 bits per heavy atom. The number of carbonyl (C=O) groups excluding carboxylic acids is 3. The number of allylic oxidation sites excluding steroid dienone is 4. The summed E-state index contributed by atoms with van der Waals surface area (Å²) < 4.78 is 17.3. The van der Waals surface area contributed by atoms with E-state index in [2.05, 4.69) is 88.7 Å². The molecule has 8 nitrogen and oxygen atoms in total. The molecule has 0 saturated carbocycles. The van der Waals surface area contributed by atoms with E-state index in [1.807, 2.05) is 24.3 Å². The second-order valence-electron chi connectivity index (χ2n) is 17.5. The van der Waals surface area contributed by atoms with Crippen LogP contribution in [-0.4, -0.2) is 55.8 Å². The maximum absolute atomic E-state index is 13.5. The zero-order valence-corrected chi connectivity index (χ0v) is 35.8. The highest BCUT2D eigenvalue weighted by atomic mass is 16.6. The van der Waals surface area contributed by atoms with E-state index >= 15 is 0 Å². The molecule has 1 aromatic carbocycles. The summed E-state index contributed by atoms with van der Waals surface area (Å²) in [6.45, 7) is 16.5. The van der Waals surface area contributed by atoms with Gasteiger partial charge in [-0.1, -0.05) is 111 Å². The first-order chi connectivity index (χ1) is 26.8. The number of hydrogen-bond acceptors (Lipinski definition) is 8. The third-order valence-electron chi connectivity index (χ3n) is 10.5. The highest BCUT2D eigenvalue weighted by Crippen LogP contribution is 2.31. The summed E-state index contributed by atoms with van der Waals surface area (Å²) in [6.07, 6.45) is 26.6. The molecule has 1 aliphatic rings. The summed E-state index contributed by atoms with van der Waals surface area (Å²) in [5, 5.41) is 0. The van der Waals surface area contributed by atoms with Crippen LogP contribution >= 0.6 is 0 Å². The number of rotatable bonds is 23. The van der Waals surface area contributed by atoms with Crippen LogP contribution in [0.1, 0.15) is 160 Å². The zero-order valence-electron chi connectivity index (χ0n) is 35.8.